The molecule has 1 aliphatic heterocycles. The van der Waals surface area contributed by atoms with E-state index in [-0.39, 0.29) is 6.61 Å². The first kappa shape index (κ1) is 20.1. The lowest BCUT2D eigenvalue weighted by Gasteiger charge is -2.39. The highest BCUT2D eigenvalue weighted by atomic mass is 32.2. The highest BCUT2D eigenvalue weighted by Crippen LogP contribution is 2.43. The topological polar surface area (TPSA) is 103 Å². The van der Waals surface area contributed by atoms with Gasteiger partial charge in [-0.2, -0.15) is 0 Å². The molecular formula is C20H25NO5S. The lowest BCUT2D eigenvalue weighted by Crippen LogP contribution is -2.51. The van der Waals surface area contributed by atoms with Crippen molar-refractivity contribution in [1.82, 2.24) is 4.98 Å². The van der Waals surface area contributed by atoms with E-state index in [4.69, 9.17) is 4.74 Å². The van der Waals surface area contributed by atoms with Crippen molar-refractivity contribution in [3.8, 4) is 5.75 Å². The van der Waals surface area contributed by atoms with Gasteiger partial charge < -0.3 is 25.2 Å². The second-order valence-electron chi connectivity index (χ2n) is 6.63. The van der Waals surface area contributed by atoms with Gasteiger partial charge in [0.2, 0.25) is 0 Å². The molecule has 2 heterocycles. The fourth-order valence-corrected chi connectivity index (χ4v) is 4.64. The van der Waals surface area contributed by atoms with E-state index in [1.165, 1.54) is 11.8 Å². The van der Waals surface area contributed by atoms with Gasteiger partial charge in [0.1, 0.15) is 11.9 Å². The minimum Gasteiger partial charge on any atom is -0.494 e. The maximum Gasteiger partial charge on any atom is 0.119 e. The largest absolute Gasteiger partial charge is 0.494 e. The van der Waals surface area contributed by atoms with Crippen molar-refractivity contribution < 1.29 is 25.2 Å². The van der Waals surface area contributed by atoms with E-state index >= 15 is 0 Å². The van der Waals surface area contributed by atoms with Crippen LogP contribution in [-0.2, 0) is 6.42 Å². The second kappa shape index (κ2) is 9.03. The summed E-state index contributed by atoms with van der Waals surface area (Å²) < 4.78 is 5.45. The average Bonchev–Trinajstić information content (AvgIpc) is 2.68. The summed E-state index contributed by atoms with van der Waals surface area (Å²) >= 11 is 1.26. The van der Waals surface area contributed by atoms with E-state index in [0.717, 1.165) is 22.4 Å². The third-order valence-electron chi connectivity index (χ3n) is 4.68. The van der Waals surface area contributed by atoms with Crippen LogP contribution in [0.25, 0.3) is 0 Å². The van der Waals surface area contributed by atoms with Crippen molar-refractivity contribution in [2.45, 2.75) is 42.2 Å². The Balaban J connectivity index is 1.76. The quantitative estimate of drug-likeness (QED) is 0.589. The Morgan fingerprint density at radius 1 is 1.00 bits per heavy atom. The molecular weight excluding hydrogens is 366 g/mol. The van der Waals surface area contributed by atoms with E-state index in [2.05, 4.69) is 4.98 Å². The normalized spacial score (nSPS) is 28.1. The number of aliphatic hydroxyl groups is 4. The number of nitrogens with zero attached hydrogens (tertiary/aromatic N) is 1. The molecule has 6 nitrogen and oxygen atoms in total. The van der Waals surface area contributed by atoms with Crippen LogP contribution in [0.15, 0.2) is 42.7 Å². The Morgan fingerprint density at radius 2 is 1.74 bits per heavy atom. The molecule has 146 valence electrons. The van der Waals surface area contributed by atoms with Gasteiger partial charge >= 0.3 is 0 Å². The van der Waals surface area contributed by atoms with Crippen LogP contribution in [0.4, 0.5) is 0 Å². The molecule has 0 unspecified atom stereocenters. The fraction of sp³-hybridized carbons (Fsp3) is 0.450. The summed E-state index contributed by atoms with van der Waals surface area (Å²) in [5, 5.41) is 38.9. The zero-order valence-electron chi connectivity index (χ0n) is 15.1. The van der Waals surface area contributed by atoms with Gasteiger partial charge in [-0.15, -0.1) is 11.8 Å². The van der Waals surface area contributed by atoms with Crippen LogP contribution in [0.1, 0.15) is 28.9 Å². The maximum atomic E-state index is 10.4. The molecule has 0 aliphatic carbocycles. The number of hydrogen-bond acceptors (Lipinski definition) is 7. The third-order valence-corrected chi connectivity index (χ3v) is 6.30. The summed E-state index contributed by atoms with van der Waals surface area (Å²) in [4.78, 5) is 4.28. The molecule has 1 saturated heterocycles. The Bertz CT molecular complexity index is 739. The van der Waals surface area contributed by atoms with Crippen molar-refractivity contribution in [3.63, 3.8) is 0 Å². The number of pyridine rings is 1. The molecule has 1 aromatic heterocycles. The molecule has 5 atom stereocenters. The number of aromatic nitrogens is 1. The molecule has 1 aromatic carbocycles. The van der Waals surface area contributed by atoms with Crippen molar-refractivity contribution in [2.24, 2.45) is 0 Å². The van der Waals surface area contributed by atoms with Crippen molar-refractivity contribution in [1.29, 1.82) is 0 Å². The summed E-state index contributed by atoms with van der Waals surface area (Å²) in [6, 6.07) is 9.82. The Morgan fingerprint density at radius 3 is 2.41 bits per heavy atom. The predicted molar refractivity (Wildman–Crippen MR) is 104 cm³/mol. The number of aliphatic hydroxyl groups excluding tert-OH is 4. The molecule has 0 radical (unpaired) electrons. The molecule has 3 rings (SSSR count). The fourth-order valence-electron chi connectivity index (χ4n) is 3.24. The van der Waals surface area contributed by atoms with Gasteiger partial charge in [0.25, 0.3) is 0 Å². The highest BCUT2D eigenvalue weighted by molar-refractivity contribution is 8.00. The van der Waals surface area contributed by atoms with Crippen LogP contribution in [0.2, 0.25) is 0 Å². The molecule has 1 aliphatic rings. The molecule has 1 fully saturated rings. The number of hydrogen-bond donors (Lipinski definition) is 4. The van der Waals surface area contributed by atoms with Gasteiger partial charge in [0, 0.05) is 12.4 Å². The third kappa shape index (κ3) is 4.62. The Labute approximate surface area is 162 Å². The van der Waals surface area contributed by atoms with Gasteiger partial charge in [-0.3, -0.25) is 4.98 Å². The summed E-state index contributed by atoms with van der Waals surface area (Å²) in [7, 11) is 0. The number of thioether (sulfide) groups is 1. The van der Waals surface area contributed by atoms with Gasteiger partial charge in [-0.25, -0.2) is 0 Å². The SMILES string of the molecule is CCOc1ccc(Cc2cncc([C@@H]3S[C@H](CO)[C@@H](O)[C@H](O)[C@H]3O)c2)cc1. The van der Waals surface area contributed by atoms with Crippen molar-refractivity contribution in [2.75, 3.05) is 13.2 Å². The standard InChI is InChI=1S/C20H25NO5S/c1-2-26-15-5-3-12(4-6-15)7-13-8-14(10-21-9-13)20-19(25)18(24)17(23)16(11-22)27-20/h3-6,8-10,16-20,22-25H,2,7,11H2,1H3/t16-,17-,18+,19-,20+/m1/s1. The molecule has 7 heteroatoms. The van der Waals surface area contributed by atoms with E-state index in [1.807, 2.05) is 37.3 Å². The molecule has 0 saturated carbocycles. The summed E-state index contributed by atoms with van der Waals surface area (Å²) in [6.07, 6.45) is 0.510. The molecule has 27 heavy (non-hydrogen) atoms. The molecule has 4 N–H and O–H groups in total. The Kier molecular flexibility index (Phi) is 6.73. The van der Waals surface area contributed by atoms with E-state index in [9.17, 15) is 20.4 Å². The average molecular weight is 391 g/mol. The number of ether oxygens (including phenoxy) is 1. The zero-order valence-corrected chi connectivity index (χ0v) is 15.9. The highest BCUT2D eigenvalue weighted by Gasteiger charge is 2.43. The van der Waals surface area contributed by atoms with Gasteiger partial charge in [-0.05, 0) is 42.2 Å². The Hall–Kier alpha value is -1.64. The van der Waals surface area contributed by atoms with Crippen LogP contribution in [0.3, 0.4) is 0 Å². The van der Waals surface area contributed by atoms with E-state index in [0.29, 0.717) is 13.0 Å². The minimum atomic E-state index is -1.30. The van der Waals surface area contributed by atoms with E-state index < -0.39 is 28.8 Å². The number of benzene rings is 1. The van der Waals surface area contributed by atoms with Gasteiger partial charge in [0.15, 0.2) is 0 Å². The summed E-state index contributed by atoms with van der Waals surface area (Å²) in [5.74, 6) is 0.831. The van der Waals surface area contributed by atoms with Crippen LogP contribution < -0.4 is 4.74 Å². The molecule has 2 aromatic rings. The van der Waals surface area contributed by atoms with Gasteiger partial charge in [-0.1, -0.05) is 18.2 Å². The molecule has 0 spiro atoms. The monoisotopic (exact) mass is 391 g/mol. The molecule has 0 amide bonds. The minimum absolute atomic E-state index is 0.272. The first-order valence-corrected chi connectivity index (χ1v) is 9.93. The second-order valence-corrected chi connectivity index (χ2v) is 8.02. The summed E-state index contributed by atoms with van der Waals surface area (Å²) in [5.41, 5.74) is 2.85. The molecule has 0 bridgehead atoms. The predicted octanol–water partition coefficient (Wildman–Crippen LogP) is 1.30. The lowest BCUT2D eigenvalue weighted by atomic mass is 9.96. The van der Waals surface area contributed by atoms with Crippen LogP contribution in [-0.4, -0.2) is 62.2 Å². The van der Waals surface area contributed by atoms with Gasteiger partial charge in [0.05, 0.1) is 35.9 Å². The number of rotatable bonds is 6. The first-order chi connectivity index (χ1) is 13.0. The van der Waals surface area contributed by atoms with E-state index in [1.54, 1.807) is 12.4 Å². The summed E-state index contributed by atoms with van der Waals surface area (Å²) in [6.45, 7) is 2.30. The van der Waals surface area contributed by atoms with Crippen LogP contribution >= 0.6 is 11.8 Å². The van der Waals surface area contributed by atoms with Crippen molar-refractivity contribution in [3.05, 3.63) is 59.4 Å². The zero-order chi connectivity index (χ0) is 19.4. The lowest BCUT2D eigenvalue weighted by molar-refractivity contribution is -0.0700. The first-order valence-electron chi connectivity index (χ1n) is 8.99. The smallest absolute Gasteiger partial charge is 0.119 e. The van der Waals surface area contributed by atoms with Crippen LogP contribution in [0, 0.1) is 0 Å². The van der Waals surface area contributed by atoms with Crippen LogP contribution in [0.5, 0.6) is 5.75 Å². The van der Waals surface area contributed by atoms with Crippen molar-refractivity contribution >= 4 is 11.8 Å². The maximum absolute atomic E-state index is 10.4.